The summed E-state index contributed by atoms with van der Waals surface area (Å²) in [4.78, 5) is 13.9. The van der Waals surface area contributed by atoms with Crippen molar-refractivity contribution < 1.29 is 17.9 Å². The minimum absolute atomic E-state index is 0.0782. The van der Waals surface area contributed by atoms with Crippen molar-refractivity contribution in [3.8, 4) is 5.75 Å². The van der Waals surface area contributed by atoms with Crippen LogP contribution in [-0.2, 0) is 14.6 Å². The molecule has 0 radical (unpaired) electrons. The molecule has 1 aliphatic rings. The van der Waals surface area contributed by atoms with E-state index in [0.717, 1.165) is 0 Å². The number of amides is 1. The van der Waals surface area contributed by atoms with Crippen molar-refractivity contribution >= 4 is 21.4 Å². The fraction of sp³-hybridized carbons (Fsp3) is 0.533. The number of likely N-dealkylation sites (N-methyl/N-ethyl adjacent to an activating group) is 1. The van der Waals surface area contributed by atoms with E-state index >= 15 is 0 Å². The van der Waals surface area contributed by atoms with E-state index in [1.54, 1.807) is 24.1 Å². The highest BCUT2D eigenvalue weighted by Crippen LogP contribution is 2.18. The molecule has 6 nitrogen and oxygen atoms in total. The first-order chi connectivity index (χ1) is 10.4. The van der Waals surface area contributed by atoms with Crippen molar-refractivity contribution in [1.82, 2.24) is 4.90 Å². The molecule has 1 aromatic rings. The Morgan fingerprint density at radius 2 is 2.23 bits per heavy atom. The highest BCUT2D eigenvalue weighted by molar-refractivity contribution is 7.91. The molecule has 0 aliphatic carbocycles. The number of ether oxygens (including phenoxy) is 1. The summed E-state index contributed by atoms with van der Waals surface area (Å²) in [6, 6.07) is 7.12. The Balaban J connectivity index is 1.88. The van der Waals surface area contributed by atoms with Crippen molar-refractivity contribution in [3.05, 3.63) is 24.3 Å². The molecule has 1 atom stereocenters. The van der Waals surface area contributed by atoms with Gasteiger partial charge >= 0.3 is 0 Å². The molecule has 22 heavy (non-hydrogen) atoms. The zero-order chi connectivity index (χ0) is 16.2. The topological polar surface area (TPSA) is 75.7 Å². The summed E-state index contributed by atoms with van der Waals surface area (Å²) < 4.78 is 28.3. The molecule has 1 unspecified atom stereocenters. The first-order valence-electron chi connectivity index (χ1n) is 7.33. The van der Waals surface area contributed by atoms with Crippen molar-refractivity contribution in [2.75, 3.05) is 37.0 Å². The summed E-state index contributed by atoms with van der Waals surface area (Å²) in [5.41, 5.74) is 0.670. The second-order valence-corrected chi connectivity index (χ2v) is 7.71. The molecular formula is C15H22N2O4S. The van der Waals surface area contributed by atoms with E-state index < -0.39 is 9.84 Å². The van der Waals surface area contributed by atoms with Crippen LogP contribution in [0.3, 0.4) is 0 Å². The first kappa shape index (κ1) is 16.8. The fourth-order valence-electron chi connectivity index (χ4n) is 2.51. The summed E-state index contributed by atoms with van der Waals surface area (Å²) in [5, 5.41) is 2.81. The molecule has 1 fully saturated rings. The number of anilines is 1. The molecule has 0 spiro atoms. The fourth-order valence-corrected chi connectivity index (χ4v) is 4.31. The zero-order valence-electron chi connectivity index (χ0n) is 12.9. The van der Waals surface area contributed by atoms with E-state index in [1.807, 2.05) is 19.1 Å². The summed E-state index contributed by atoms with van der Waals surface area (Å²) in [5.74, 6) is 0.882. The Hall–Kier alpha value is -1.60. The SMILES string of the molecule is CCOc1cccc(NC(=O)CN(C)C2CCS(=O)(=O)C2)c1. The third-order valence-electron chi connectivity index (χ3n) is 3.65. The second kappa shape index (κ2) is 7.11. The van der Waals surface area contributed by atoms with Crippen LogP contribution in [-0.4, -0.2) is 57.0 Å². The summed E-state index contributed by atoms with van der Waals surface area (Å²) in [6.45, 7) is 2.63. The molecule has 1 N–H and O–H groups in total. The molecular weight excluding hydrogens is 304 g/mol. The average Bonchev–Trinajstić information content (AvgIpc) is 2.80. The third-order valence-corrected chi connectivity index (χ3v) is 5.40. The van der Waals surface area contributed by atoms with Gasteiger partial charge in [0.25, 0.3) is 0 Å². The number of nitrogens with zero attached hydrogens (tertiary/aromatic N) is 1. The molecule has 0 aromatic heterocycles. The number of carbonyl (C=O) groups is 1. The van der Waals surface area contributed by atoms with E-state index in [1.165, 1.54) is 0 Å². The first-order valence-corrected chi connectivity index (χ1v) is 9.15. The predicted octanol–water partition coefficient (Wildman–Crippen LogP) is 1.14. The second-order valence-electron chi connectivity index (χ2n) is 5.48. The number of benzene rings is 1. The van der Waals surface area contributed by atoms with E-state index in [2.05, 4.69) is 5.32 Å². The van der Waals surface area contributed by atoms with Crippen LogP contribution in [0.1, 0.15) is 13.3 Å². The zero-order valence-corrected chi connectivity index (χ0v) is 13.7. The molecule has 1 heterocycles. The van der Waals surface area contributed by atoms with Crippen molar-refractivity contribution in [1.29, 1.82) is 0 Å². The van der Waals surface area contributed by atoms with Crippen molar-refractivity contribution in [2.24, 2.45) is 0 Å². The number of hydrogen-bond acceptors (Lipinski definition) is 5. The molecule has 1 aromatic carbocycles. The minimum atomic E-state index is -2.94. The third kappa shape index (κ3) is 4.71. The smallest absolute Gasteiger partial charge is 0.238 e. The van der Waals surface area contributed by atoms with Crippen LogP contribution in [0.5, 0.6) is 5.75 Å². The maximum atomic E-state index is 12.1. The predicted molar refractivity (Wildman–Crippen MR) is 85.9 cm³/mol. The van der Waals surface area contributed by atoms with Crippen molar-refractivity contribution in [2.45, 2.75) is 19.4 Å². The maximum Gasteiger partial charge on any atom is 0.238 e. The van der Waals surface area contributed by atoms with E-state index in [9.17, 15) is 13.2 Å². The Morgan fingerprint density at radius 1 is 1.45 bits per heavy atom. The van der Waals surface area contributed by atoms with Crippen LogP contribution >= 0.6 is 0 Å². The standard InChI is InChI=1S/C15H22N2O4S/c1-3-21-14-6-4-5-12(9-14)16-15(18)10-17(2)13-7-8-22(19,20)11-13/h4-6,9,13H,3,7-8,10-11H2,1-2H3,(H,16,18). The Morgan fingerprint density at radius 3 is 2.86 bits per heavy atom. The highest BCUT2D eigenvalue weighted by Gasteiger charge is 2.31. The molecule has 0 bridgehead atoms. The Bertz CT molecular complexity index is 630. The lowest BCUT2D eigenvalue weighted by Gasteiger charge is -2.22. The lowest BCUT2D eigenvalue weighted by atomic mass is 10.2. The van der Waals surface area contributed by atoms with Gasteiger partial charge in [-0.15, -0.1) is 0 Å². The molecule has 1 amide bonds. The van der Waals surface area contributed by atoms with Gasteiger partial charge in [-0.2, -0.15) is 0 Å². The number of carbonyl (C=O) groups excluding carboxylic acids is 1. The lowest BCUT2D eigenvalue weighted by Crippen LogP contribution is -2.38. The Labute approximate surface area is 131 Å². The van der Waals surface area contributed by atoms with Gasteiger partial charge in [-0.3, -0.25) is 9.69 Å². The van der Waals surface area contributed by atoms with Gasteiger partial charge in [0.1, 0.15) is 5.75 Å². The number of nitrogens with one attached hydrogen (secondary N) is 1. The summed E-state index contributed by atoms with van der Waals surface area (Å²) in [7, 11) is -1.16. The molecule has 1 aliphatic heterocycles. The van der Waals surface area contributed by atoms with Crippen LogP contribution < -0.4 is 10.1 Å². The quantitative estimate of drug-likeness (QED) is 0.848. The molecule has 7 heteroatoms. The van der Waals surface area contributed by atoms with Gasteiger partial charge in [-0.25, -0.2) is 8.42 Å². The van der Waals surface area contributed by atoms with Gasteiger partial charge in [0, 0.05) is 17.8 Å². The van der Waals surface area contributed by atoms with Gasteiger partial charge in [0.2, 0.25) is 5.91 Å². The van der Waals surface area contributed by atoms with E-state index in [0.29, 0.717) is 24.5 Å². The van der Waals surface area contributed by atoms with Gasteiger partial charge in [-0.1, -0.05) is 6.07 Å². The largest absolute Gasteiger partial charge is 0.494 e. The average molecular weight is 326 g/mol. The molecule has 2 rings (SSSR count). The van der Waals surface area contributed by atoms with Crippen LogP contribution in [0, 0.1) is 0 Å². The normalized spacial score (nSPS) is 20.0. The van der Waals surface area contributed by atoms with Crippen molar-refractivity contribution in [3.63, 3.8) is 0 Å². The van der Waals surface area contributed by atoms with Crippen LogP contribution in [0.25, 0.3) is 0 Å². The highest BCUT2D eigenvalue weighted by atomic mass is 32.2. The Kier molecular flexibility index (Phi) is 5.42. The molecule has 0 saturated carbocycles. The van der Waals surface area contributed by atoms with Gasteiger partial charge in [0.15, 0.2) is 9.84 Å². The maximum absolute atomic E-state index is 12.1. The number of rotatable bonds is 6. The molecule has 122 valence electrons. The lowest BCUT2D eigenvalue weighted by molar-refractivity contribution is -0.117. The number of sulfone groups is 1. The minimum Gasteiger partial charge on any atom is -0.494 e. The summed E-state index contributed by atoms with van der Waals surface area (Å²) >= 11 is 0. The van der Waals surface area contributed by atoms with Crippen LogP contribution in [0.2, 0.25) is 0 Å². The molecule has 1 saturated heterocycles. The van der Waals surface area contributed by atoms with E-state index in [4.69, 9.17) is 4.74 Å². The van der Waals surface area contributed by atoms with E-state index in [-0.39, 0.29) is 30.0 Å². The van der Waals surface area contributed by atoms with Crippen LogP contribution in [0.15, 0.2) is 24.3 Å². The van der Waals surface area contributed by atoms with Crippen LogP contribution in [0.4, 0.5) is 5.69 Å². The van der Waals surface area contributed by atoms with Gasteiger partial charge < -0.3 is 10.1 Å². The summed E-state index contributed by atoms with van der Waals surface area (Å²) in [6.07, 6.45) is 0.589. The monoisotopic (exact) mass is 326 g/mol. The number of hydrogen-bond donors (Lipinski definition) is 1. The van der Waals surface area contributed by atoms with Gasteiger partial charge in [0.05, 0.1) is 24.7 Å². The van der Waals surface area contributed by atoms with Gasteiger partial charge in [-0.05, 0) is 32.5 Å².